The highest BCUT2D eigenvalue weighted by molar-refractivity contribution is 7.91. The van der Waals surface area contributed by atoms with Crippen molar-refractivity contribution < 1.29 is 18.3 Å². The van der Waals surface area contributed by atoms with Crippen molar-refractivity contribution in [2.24, 2.45) is 5.92 Å². The van der Waals surface area contributed by atoms with Crippen LogP contribution in [-0.2, 0) is 14.6 Å². The van der Waals surface area contributed by atoms with Gasteiger partial charge in [-0.3, -0.25) is 4.79 Å². The van der Waals surface area contributed by atoms with E-state index in [4.69, 9.17) is 0 Å². The van der Waals surface area contributed by atoms with Crippen LogP contribution in [0.5, 0.6) is 5.75 Å². The average Bonchev–Trinajstić information content (AvgIpc) is 2.63. The van der Waals surface area contributed by atoms with Gasteiger partial charge >= 0.3 is 0 Å². The number of hydrogen-bond acceptors (Lipinski definition) is 4. The van der Waals surface area contributed by atoms with Crippen molar-refractivity contribution in [3.05, 3.63) is 23.8 Å². The zero-order valence-electron chi connectivity index (χ0n) is 10.0. The lowest BCUT2D eigenvalue weighted by Gasteiger charge is -2.11. The fraction of sp³-hybridized carbons (Fsp3) is 0.417. The molecule has 1 atom stereocenters. The van der Waals surface area contributed by atoms with Crippen molar-refractivity contribution in [1.82, 2.24) is 0 Å². The third kappa shape index (κ3) is 2.81. The van der Waals surface area contributed by atoms with E-state index in [0.29, 0.717) is 12.1 Å². The highest BCUT2D eigenvalue weighted by atomic mass is 32.2. The Labute approximate surface area is 106 Å². The van der Waals surface area contributed by atoms with Crippen LogP contribution in [-0.4, -0.2) is 30.9 Å². The van der Waals surface area contributed by atoms with Crippen molar-refractivity contribution in [3.8, 4) is 5.75 Å². The minimum Gasteiger partial charge on any atom is -0.506 e. The van der Waals surface area contributed by atoms with E-state index < -0.39 is 15.8 Å². The number of anilines is 1. The topological polar surface area (TPSA) is 83.5 Å². The molecule has 1 amide bonds. The molecule has 0 radical (unpaired) electrons. The Morgan fingerprint density at radius 1 is 1.44 bits per heavy atom. The molecule has 1 aliphatic heterocycles. The molecule has 0 saturated carbocycles. The highest BCUT2D eigenvalue weighted by Gasteiger charge is 2.33. The Bertz CT molecular complexity index is 580. The number of rotatable bonds is 2. The van der Waals surface area contributed by atoms with E-state index in [1.807, 2.05) is 6.92 Å². The second-order valence-corrected chi connectivity index (χ2v) is 6.84. The standard InChI is InChI=1S/C12H15NO4S/c1-8-2-3-10(11(14)6-8)13-12(15)9-4-5-18(16,17)7-9/h2-3,6,9,14H,4-5,7H2,1H3,(H,13,15)/t9-/m0/s1. The van der Waals surface area contributed by atoms with Crippen LogP contribution in [0.15, 0.2) is 18.2 Å². The number of aromatic hydroxyl groups is 1. The summed E-state index contributed by atoms with van der Waals surface area (Å²) < 4.78 is 22.6. The smallest absolute Gasteiger partial charge is 0.228 e. The Kier molecular flexibility index (Phi) is 3.30. The summed E-state index contributed by atoms with van der Waals surface area (Å²) in [6.45, 7) is 1.83. The quantitative estimate of drug-likeness (QED) is 0.787. The van der Waals surface area contributed by atoms with Gasteiger partial charge in [-0.1, -0.05) is 6.07 Å². The molecule has 6 heteroatoms. The zero-order valence-corrected chi connectivity index (χ0v) is 10.8. The Balaban J connectivity index is 2.08. The molecule has 1 aliphatic rings. The first-order valence-electron chi connectivity index (χ1n) is 5.68. The maximum Gasteiger partial charge on any atom is 0.228 e. The normalized spacial score (nSPS) is 21.7. The number of phenolic OH excluding ortho intramolecular Hbond substituents is 1. The molecule has 0 bridgehead atoms. The molecule has 1 aromatic carbocycles. The van der Waals surface area contributed by atoms with Gasteiger partial charge in [0.15, 0.2) is 9.84 Å². The molecule has 1 aromatic rings. The summed E-state index contributed by atoms with van der Waals surface area (Å²) in [6, 6.07) is 4.91. The number of hydrogen-bond donors (Lipinski definition) is 2. The second kappa shape index (κ2) is 4.61. The summed E-state index contributed by atoms with van der Waals surface area (Å²) in [4.78, 5) is 11.9. The molecule has 0 spiro atoms. The summed E-state index contributed by atoms with van der Waals surface area (Å²) in [5.41, 5.74) is 1.20. The van der Waals surface area contributed by atoms with E-state index in [2.05, 4.69) is 5.32 Å². The number of aryl methyl sites for hydroxylation is 1. The van der Waals surface area contributed by atoms with Crippen LogP contribution >= 0.6 is 0 Å². The second-order valence-electron chi connectivity index (χ2n) is 4.61. The first-order valence-corrected chi connectivity index (χ1v) is 7.50. The van der Waals surface area contributed by atoms with Gasteiger partial charge in [0.05, 0.1) is 23.1 Å². The van der Waals surface area contributed by atoms with Crippen LogP contribution in [0.25, 0.3) is 0 Å². The number of benzene rings is 1. The van der Waals surface area contributed by atoms with Crippen molar-refractivity contribution in [2.75, 3.05) is 16.8 Å². The minimum absolute atomic E-state index is 0.01000. The molecule has 2 rings (SSSR count). The molecule has 1 fully saturated rings. The maximum atomic E-state index is 11.9. The lowest BCUT2D eigenvalue weighted by Crippen LogP contribution is -2.23. The largest absolute Gasteiger partial charge is 0.506 e. The minimum atomic E-state index is -3.07. The molecule has 0 aromatic heterocycles. The van der Waals surface area contributed by atoms with Crippen LogP contribution in [0, 0.1) is 12.8 Å². The van der Waals surface area contributed by atoms with Crippen molar-refractivity contribution >= 4 is 21.4 Å². The van der Waals surface area contributed by atoms with E-state index in [9.17, 15) is 18.3 Å². The fourth-order valence-electron chi connectivity index (χ4n) is 1.98. The van der Waals surface area contributed by atoms with Gasteiger partial charge in [-0.25, -0.2) is 8.42 Å². The van der Waals surface area contributed by atoms with Gasteiger partial charge in [-0.05, 0) is 31.0 Å². The van der Waals surface area contributed by atoms with E-state index in [-0.39, 0.29) is 23.2 Å². The van der Waals surface area contributed by atoms with E-state index in [1.54, 1.807) is 18.2 Å². The van der Waals surface area contributed by atoms with Crippen LogP contribution in [0.2, 0.25) is 0 Å². The summed E-state index contributed by atoms with van der Waals surface area (Å²) in [7, 11) is -3.07. The summed E-state index contributed by atoms with van der Waals surface area (Å²) in [5, 5.41) is 12.2. The van der Waals surface area contributed by atoms with Crippen molar-refractivity contribution in [1.29, 1.82) is 0 Å². The van der Waals surface area contributed by atoms with Gasteiger partial charge in [0.25, 0.3) is 0 Å². The molecule has 2 N–H and O–H groups in total. The summed E-state index contributed by atoms with van der Waals surface area (Å²) in [6.07, 6.45) is 0.348. The summed E-state index contributed by atoms with van der Waals surface area (Å²) >= 11 is 0. The first kappa shape index (κ1) is 12.9. The first-order chi connectivity index (χ1) is 8.37. The van der Waals surface area contributed by atoms with Gasteiger partial charge in [0.1, 0.15) is 5.75 Å². The number of nitrogens with one attached hydrogen (secondary N) is 1. The van der Waals surface area contributed by atoms with Crippen LogP contribution in [0.1, 0.15) is 12.0 Å². The lowest BCUT2D eigenvalue weighted by atomic mass is 10.1. The molecule has 1 saturated heterocycles. The van der Waals surface area contributed by atoms with Crippen LogP contribution in [0.4, 0.5) is 5.69 Å². The van der Waals surface area contributed by atoms with Gasteiger partial charge in [0.2, 0.25) is 5.91 Å². The molecule has 0 unspecified atom stereocenters. The van der Waals surface area contributed by atoms with Gasteiger partial charge in [-0.15, -0.1) is 0 Å². The van der Waals surface area contributed by atoms with E-state index in [0.717, 1.165) is 5.56 Å². The number of amides is 1. The fourth-order valence-corrected chi connectivity index (χ4v) is 3.73. The zero-order chi connectivity index (χ0) is 13.3. The third-order valence-electron chi connectivity index (χ3n) is 3.01. The SMILES string of the molecule is Cc1ccc(NC(=O)[C@H]2CCS(=O)(=O)C2)c(O)c1. The number of carbonyl (C=O) groups is 1. The summed E-state index contributed by atoms with van der Waals surface area (Å²) in [5.74, 6) is -0.925. The lowest BCUT2D eigenvalue weighted by molar-refractivity contribution is -0.119. The molecule has 18 heavy (non-hydrogen) atoms. The van der Waals surface area contributed by atoms with Gasteiger partial charge in [0, 0.05) is 0 Å². The van der Waals surface area contributed by atoms with E-state index in [1.165, 1.54) is 0 Å². The van der Waals surface area contributed by atoms with Gasteiger partial charge < -0.3 is 10.4 Å². The predicted octanol–water partition coefficient (Wildman–Crippen LogP) is 1.07. The van der Waals surface area contributed by atoms with Crippen LogP contribution in [0.3, 0.4) is 0 Å². The monoisotopic (exact) mass is 269 g/mol. The van der Waals surface area contributed by atoms with Crippen LogP contribution < -0.4 is 5.32 Å². The number of phenols is 1. The average molecular weight is 269 g/mol. The Morgan fingerprint density at radius 2 is 2.17 bits per heavy atom. The van der Waals surface area contributed by atoms with Crippen molar-refractivity contribution in [3.63, 3.8) is 0 Å². The Hall–Kier alpha value is -1.56. The van der Waals surface area contributed by atoms with Gasteiger partial charge in [-0.2, -0.15) is 0 Å². The van der Waals surface area contributed by atoms with E-state index >= 15 is 0 Å². The molecule has 5 nitrogen and oxygen atoms in total. The Morgan fingerprint density at radius 3 is 2.72 bits per heavy atom. The molecular formula is C12H15NO4S. The molecule has 98 valence electrons. The predicted molar refractivity (Wildman–Crippen MR) is 68.2 cm³/mol. The number of sulfone groups is 1. The molecular weight excluding hydrogens is 254 g/mol. The van der Waals surface area contributed by atoms with Crippen molar-refractivity contribution in [2.45, 2.75) is 13.3 Å². The maximum absolute atomic E-state index is 11.9. The highest BCUT2D eigenvalue weighted by Crippen LogP contribution is 2.26. The number of carbonyl (C=O) groups excluding carboxylic acids is 1. The molecule has 1 heterocycles. The third-order valence-corrected chi connectivity index (χ3v) is 4.78. The molecule has 0 aliphatic carbocycles.